The second-order valence-corrected chi connectivity index (χ2v) is 4.11. The topological polar surface area (TPSA) is 51.1 Å². The van der Waals surface area contributed by atoms with E-state index in [1.54, 1.807) is 6.08 Å². The van der Waals surface area contributed by atoms with Crippen LogP contribution in [0, 0.1) is 13.8 Å². The molecule has 0 aliphatic carbocycles. The minimum atomic E-state index is -0.272. The van der Waals surface area contributed by atoms with Crippen molar-refractivity contribution in [1.29, 1.82) is 0 Å². The molecule has 0 aromatic carbocycles. The maximum absolute atomic E-state index is 11.4. The van der Waals surface area contributed by atoms with Gasteiger partial charge < -0.3 is 4.57 Å². The lowest BCUT2D eigenvalue weighted by atomic mass is 10.1. The standard InChI is InChI=1S/C12H14N2O2/c1-7-4-9(8(2)14(7)3)5-10-6-11(15)13-12(10)16/h4-5H,6H2,1-3H3,(H,13,15,16). The van der Waals surface area contributed by atoms with Gasteiger partial charge in [-0.25, -0.2) is 0 Å². The Bertz CT molecular complexity index is 509. The SMILES string of the molecule is Cc1cc(C=C2CC(=O)NC2=O)c(C)n1C. The van der Waals surface area contributed by atoms with Crippen molar-refractivity contribution in [1.82, 2.24) is 9.88 Å². The summed E-state index contributed by atoms with van der Waals surface area (Å²) in [6, 6.07) is 2.01. The fraction of sp³-hybridized carbons (Fsp3) is 0.333. The Balaban J connectivity index is 2.40. The summed E-state index contributed by atoms with van der Waals surface area (Å²) < 4.78 is 2.06. The number of hydrogen-bond donors (Lipinski definition) is 1. The maximum Gasteiger partial charge on any atom is 0.254 e. The first kappa shape index (κ1) is 10.7. The molecule has 0 saturated carbocycles. The molecule has 16 heavy (non-hydrogen) atoms. The lowest BCUT2D eigenvalue weighted by molar-refractivity contribution is -0.124. The molecule has 1 saturated heterocycles. The molecule has 2 heterocycles. The summed E-state index contributed by atoms with van der Waals surface area (Å²) in [5.41, 5.74) is 3.77. The Labute approximate surface area is 93.9 Å². The summed E-state index contributed by atoms with van der Waals surface area (Å²) in [6.07, 6.45) is 1.98. The second kappa shape index (κ2) is 3.63. The van der Waals surface area contributed by atoms with Gasteiger partial charge in [-0.15, -0.1) is 0 Å². The van der Waals surface area contributed by atoms with E-state index in [2.05, 4.69) is 9.88 Å². The van der Waals surface area contributed by atoms with E-state index in [-0.39, 0.29) is 18.2 Å². The lowest BCUT2D eigenvalue weighted by Crippen LogP contribution is -2.19. The summed E-state index contributed by atoms with van der Waals surface area (Å²) >= 11 is 0. The number of aromatic nitrogens is 1. The Kier molecular flexibility index (Phi) is 2.42. The number of aryl methyl sites for hydroxylation is 1. The van der Waals surface area contributed by atoms with E-state index in [1.807, 2.05) is 27.0 Å². The molecule has 84 valence electrons. The summed E-state index contributed by atoms with van der Waals surface area (Å²) in [5, 5.41) is 2.28. The highest BCUT2D eigenvalue weighted by atomic mass is 16.2. The van der Waals surface area contributed by atoms with E-state index in [0.29, 0.717) is 5.57 Å². The molecular formula is C12H14N2O2. The molecule has 0 radical (unpaired) electrons. The fourth-order valence-electron chi connectivity index (χ4n) is 1.84. The summed E-state index contributed by atoms with van der Waals surface area (Å²) in [4.78, 5) is 22.4. The van der Waals surface area contributed by atoms with Gasteiger partial charge in [-0.3, -0.25) is 14.9 Å². The monoisotopic (exact) mass is 218 g/mol. The van der Waals surface area contributed by atoms with Gasteiger partial charge in [-0.1, -0.05) is 0 Å². The summed E-state index contributed by atoms with van der Waals surface area (Å²) in [5.74, 6) is -0.493. The number of carbonyl (C=O) groups excluding carboxylic acids is 2. The van der Waals surface area contributed by atoms with E-state index in [4.69, 9.17) is 0 Å². The van der Waals surface area contributed by atoms with Gasteiger partial charge in [0.1, 0.15) is 0 Å². The summed E-state index contributed by atoms with van der Waals surface area (Å²) in [7, 11) is 1.98. The molecule has 1 aliphatic heterocycles. The molecule has 1 fully saturated rings. The average molecular weight is 218 g/mol. The quantitative estimate of drug-likeness (QED) is 0.566. The number of nitrogens with one attached hydrogen (secondary N) is 1. The molecule has 0 atom stereocenters. The van der Waals surface area contributed by atoms with Crippen LogP contribution < -0.4 is 5.32 Å². The van der Waals surface area contributed by atoms with Crippen LogP contribution in [-0.2, 0) is 16.6 Å². The first-order valence-electron chi connectivity index (χ1n) is 5.16. The minimum Gasteiger partial charge on any atom is -0.352 e. The van der Waals surface area contributed by atoms with Crippen molar-refractivity contribution in [2.45, 2.75) is 20.3 Å². The van der Waals surface area contributed by atoms with Crippen LogP contribution in [0.2, 0.25) is 0 Å². The van der Waals surface area contributed by atoms with Crippen LogP contribution in [0.15, 0.2) is 11.6 Å². The van der Waals surface area contributed by atoms with Crippen LogP contribution in [-0.4, -0.2) is 16.4 Å². The van der Waals surface area contributed by atoms with Gasteiger partial charge in [0.25, 0.3) is 5.91 Å². The van der Waals surface area contributed by atoms with Crippen LogP contribution in [0.1, 0.15) is 23.4 Å². The molecule has 1 aromatic rings. The summed E-state index contributed by atoms with van der Waals surface area (Å²) in [6.45, 7) is 4.00. The zero-order chi connectivity index (χ0) is 11.9. The highest BCUT2D eigenvalue weighted by Crippen LogP contribution is 2.19. The van der Waals surface area contributed by atoms with Crippen LogP contribution in [0.25, 0.3) is 6.08 Å². The number of carbonyl (C=O) groups is 2. The van der Waals surface area contributed by atoms with E-state index in [0.717, 1.165) is 17.0 Å². The van der Waals surface area contributed by atoms with Crippen molar-refractivity contribution >= 4 is 17.9 Å². The van der Waals surface area contributed by atoms with Crippen LogP contribution in [0.3, 0.4) is 0 Å². The van der Waals surface area contributed by atoms with Crippen LogP contribution >= 0.6 is 0 Å². The normalized spacial score (nSPS) is 18.3. The zero-order valence-electron chi connectivity index (χ0n) is 9.63. The van der Waals surface area contributed by atoms with Gasteiger partial charge in [0.2, 0.25) is 5.91 Å². The zero-order valence-corrected chi connectivity index (χ0v) is 9.63. The Morgan fingerprint density at radius 3 is 2.50 bits per heavy atom. The van der Waals surface area contributed by atoms with E-state index in [1.165, 1.54) is 0 Å². The highest BCUT2D eigenvalue weighted by molar-refractivity contribution is 6.15. The molecule has 2 rings (SSSR count). The predicted octanol–water partition coefficient (Wildman–Crippen LogP) is 1.07. The number of imide groups is 1. The van der Waals surface area contributed by atoms with E-state index >= 15 is 0 Å². The minimum absolute atomic E-state index is 0.187. The third kappa shape index (κ3) is 1.66. The van der Waals surface area contributed by atoms with Gasteiger partial charge in [-0.05, 0) is 31.6 Å². The van der Waals surface area contributed by atoms with Crippen molar-refractivity contribution in [3.63, 3.8) is 0 Å². The molecule has 0 spiro atoms. The molecule has 1 N–H and O–H groups in total. The van der Waals surface area contributed by atoms with Crippen molar-refractivity contribution < 1.29 is 9.59 Å². The Morgan fingerprint density at radius 2 is 2.06 bits per heavy atom. The first-order valence-corrected chi connectivity index (χ1v) is 5.16. The lowest BCUT2D eigenvalue weighted by Gasteiger charge is -1.99. The van der Waals surface area contributed by atoms with Gasteiger partial charge >= 0.3 is 0 Å². The maximum atomic E-state index is 11.4. The molecule has 1 aromatic heterocycles. The predicted molar refractivity (Wildman–Crippen MR) is 60.6 cm³/mol. The third-order valence-corrected chi connectivity index (χ3v) is 3.04. The van der Waals surface area contributed by atoms with Crippen LogP contribution in [0.4, 0.5) is 0 Å². The molecule has 4 heteroatoms. The van der Waals surface area contributed by atoms with Crippen molar-refractivity contribution in [2.24, 2.45) is 7.05 Å². The molecule has 4 nitrogen and oxygen atoms in total. The fourth-order valence-corrected chi connectivity index (χ4v) is 1.84. The molecule has 1 aliphatic rings. The van der Waals surface area contributed by atoms with Crippen molar-refractivity contribution in [3.05, 3.63) is 28.6 Å². The van der Waals surface area contributed by atoms with Gasteiger partial charge in [0.05, 0.1) is 6.42 Å². The van der Waals surface area contributed by atoms with E-state index < -0.39 is 0 Å². The smallest absolute Gasteiger partial charge is 0.254 e. The number of hydrogen-bond acceptors (Lipinski definition) is 2. The third-order valence-electron chi connectivity index (χ3n) is 3.04. The number of amides is 2. The Morgan fingerprint density at radius 1 is 1.38 bits per heavy atom. The number of rotatable bonds is 1. The van der Waals surface area contributed by atoms with E-state index in [9.17, 15) is 9.59 Å². The molecule has 0 unspecified atom stereocenters. The first-order chi connectivity index (χ1) is 7.49. The largest absolute Gasteiger partial charge is 0.352 e. The van der Waals surface area contributed by atoms with Gasteiger partial charge in [-0.2, -0.15) is 0 Å². The number of nitrogens with zero attached hydrogens (tertiary/aromatic N) is 1. The Hall–Kier alpha value is -1.84. The van der Waals surface area contributed by atoms with Crippen LogP contribution in [0.5, 0.6) is 0 Å². The molecule has 0 bridgehead atoms. The van der Waals surface area contributed by atoms with Crippen molar-refractivity contribution in [2.75, 3.05) is 0 Å². The van der Waals surface area contributed by atoms with Gasteiger partial charge in [0, 0.05) is 24.0 Å². The molecule has 2 amide bonds. The average Bonchev–Trinajstić information content (AvgIpc) is 2.64. The highest BCUT2D eigenvalue weighted by Gasteiger charge is 2.24. The van der Waals surface area contributed by atoms with Crippen molar-refractivity contribution in [3.8, 4) is 0 Å². The van der Waals surface area contributed by atoms with Gasteiger partial charge in [0.15, 0.2) is 0 Å². The second-order valence-electron chi connectivity index (χ2n) is 4.11. The molecular weight excluding hydrogens is 204 g/mol.